The van der Waals surface area contributed by atoms with Gasteiger partial charge in [0.25, 0.3) is 0 Å². The van der Waals surface area contributed by atoms with Crippen molar-refractivity contribution in [2.24, 2.45) is 0 Å². The summed E-state index contributed by atoms with van der Waals surface area (Å²) in [6.45, 7) is 5.33. The van der Waals surface area contributed by atoms with Gasteiger partial charge in [-0.25, -0.2) is 14.6 Å². The van der Waals surface area contributed by atoms with E-state index in [1.807, 2.05) is 6.07 Å². The summed E-state index contributed by atoms with van der Waals surface area (Å²) in [5.41, 5.74) is 0.186. The van der Waals surface area contributed by atoms with Crippen LogP contribution in [0.1, 0.15) is 20.8 Å². The zero-order valence-electron chi connectivity index (χ0n) is 13.8. The molecule has 3 aromatic rings. The number of aromatic nitrogens is 1. The van der Waals surface area contributed by atoms with Crippen molar-refractivity contribution in [3.8, 4) is 11.3 Å². The number of hydrogen-bond acceptors (Lipinski definition) is 6. The minimum Gasteiger partial charge on any atom is -0.444 e. The first-order chi connectivity index (χ1) is 11.7. The number of fused-ring (bicyclic) bond motifs is 1. The number of anilines is 1. The van der Waals surface area contributed by atoms with Gasteiger partial charge in [0.1, 0.15) is 11.2 Å². The molecule has 0 fully saturated rings. The highest BCUT2D eigenvalue weighted by Crippen LogP contribution is 2.27. The molecule has 0 bridgehead atoms. The topological polar surface area (TPSA) is 81.4 Å². The Morgan fingerprint density at radius 3 is 2.80 bits per heavy atom. The van der Waals surface area contributed by atoms with Crippen molar-refractivity contribution < 1.29 is 13.9 Å². The second-order valence-corrected chi connectivity index (χ2v) is 8.07. The lowest BCUT2D eigenvalue weighted by atomic mass is 10.1. The minimum absolute atomic E-state index is 0.332. The first-order valence-corrected chi connectivity index (χ1v) is 9.08. The molecule has 2 aromatic heterocycles. The Balaban J connectivity index is 1.89. The van der Waals surface area contributed by atoms with Gasteiger partial charge in [-0.2, -0.15) is 0 Å². The number of hydrogen-bond donors (Lipinski definition) is 1. The largest absolute Gasteiger partial charge is 0.444 e. The molecule has 130 valence electrons. The summed E-state index contributed by atoms with van der Waals surface area (Å²) >= 11 is 4.60. The molecule has 0 saturated heterocycles. The molecule has 2 heterocycles. The lowest BCUT2D eigenvalue weighted by Crippen LogP contribution is -2.27. The molecule has 0 aliphatic heterocycles. The highest BCUT2D eigenvalue weighted by atomic mass is 79.9. The molecular formula is C17H15BrN2O4S. The van der Waals surface area contributed by atoms with Crippen molar-refractivity contribution in [1.29, 1.82) is 0 Å². The molecule has 0 unspecified atom stereocenters. The molecule has 1 aromatic carbocycles. The number of ether oxygens (including phenoxy) is 1. The Bertz CT molecular complexity index is 1000. The van der Waals surface area contributed by atoms with Gasteiger partial charge in [-0.1, -0.05) is 15.9 Å². The number of amides is 1. The van der Waals surface area contributed by atoms with Crippen LogP contribution in [-0.4, -0.2) is 16.7 Å². The average Bonchev–Trinajstić information content (AvgIpc) is 2.93. The number of carbonyl (C=O) groups excluding carboxylic acids is 1. The van der Waals surface area contributed by atoms with Crippen LogP contribution in [0, 0.1) is 0 Å². The van der Waals surface area contributed by atoms with Gasteiger partial charge in [0.2, 0.25) is 0 Å². The van der Waals surface area contributed by atoms with Gasteiger partial charge < -0.3 is 9.15 Å². The molecule has 0 spiro atoms. The average molecular weight is 423 g/mol. The van der Waals surface area contributed by atoms with Gasteiger partial charge in [-0.3, -0.25) is 5.32 Å². The molecule has 0 radical (unpaired) electrons. The van der Waals surface area contributed by atoms with Crippen LogP contribution in [-0.2, 0) is 4.74 Å². The monoisotopic (exact) mass is 422 g/mol. The van der Waals surface area contributed by atoms with E-state index in [1.165, 1.54) is 11.3 Å². The second kappa shape index (κ2) is 6.61. The number of nitrogens with one attached hydrogen (secondary N) is 1. The third-order valence-corrected chi connectivity index (χ3v) is 4.33. The van der Waals surface area contributed by atoms with Crippen molar-refractivity contribution in [2.45, 2.75) is 26.4 Å². The highest BCUT2D eigenvalue weighted by Gasteiger charge is 2.18. The van der Waals surface area contributed by atoms with Gasteiger partial charge in [0.05, 0.1) is 11.3 Å². The molecule has 0 aliphatic carbocycles. The van der Waals surface area contributed by atoms with E-state index in [4.69, 9.17) is 9.15 Å². The van der Waals surface area contributed by atoms with Crippen molar-refractivity contribution in [3.63, 3.8) is 0 Å². The first-order valence-electron chi connectivity index (χ1n) is 7.40. The summed E-state index contributed by atoms with van der Waals surface area (Å²) in [4.78, 5) is 28.3. The number of nitrogens with zero attached hydrogens (tertiary/aromatic N) is 1. The fraction of sp³-hybridized carbons (Fsp3) is 0.235. The third kappa shape index (κ3) is 4.26. The second-order valence-electron chi connectivity index (χ2n) is 6.29. The lowest BCUT2D eigenvalue weighted by molar-refractivity contribution is 0.0636. The van der Waals surface area contributed by atoms with Crippen LogP contribution in [0.2, 0.25) is 0 Å². The Labute approximate surface area is 156 Å². The van der Waals surface area contributed by atoms with Crippen molar-refractivity contribution in [3.05, 3.63) is 44.5 Å². The van der Waals surface area contributed by atoms with Crippen LogP contribution in [0.15, 0.2) is 43.3 Å². The summed E-state index contributed by atoms with van der Waals surface area (Å²) in [7, 11) is 0. The maximum atomic E-state index is 12.2. The molecule has 0 aliphatic rings. The van der Waals surface area contributed by atoms with E-state index in [-0.39, 0.29) is 0 Å². The zero-order valence-corrected chi connectivity index (χ0v) is 16.2. The number of thiazole rings is 1. The Kier molecular flexibility index (Phi) is 4.66. The van der Waals surface area contributed by atoms with E-state index in [1.54, 1.807) is 44.4 Å². The van der Waals surface area contributed by atoms with Crippen LogP contribution in [0.5, 0.6) is 0 Å². The number of benzene rings is 1. The Morgan fingerprint density at radius 1 is 1.32 bits per heavy atom. The summed E-state index contributed by atoms with van der Waals surface area (Å²) in [6.07, 6.45) is -0.595. The molecule has 1 amide bonds. The van der Waals surface area contributed by atoms with Gasteiger partial charge in [0, 0.05) is 15.2 Å². The smallest absolute Gasteiger partial charge is 0.413 e. The summed E-state index contributed by atoms with van der Waals surface area (Å²) in [6, 6.07) is 7.10. The van der Waals surface area contributed by atoms with E-state index in [0.717, 1.165) is 9.86 Å². The van der Waals surface area contributed by atoms with Gasteiger partial charge in [-0.05, 0) is 45.0 Å². The molecule has 8 heteroatoms. The van der Waals surface area contributed by atoms with Crippen LogP contribution < -0.4 is 10.9 Å². The maximum absolute atomic E-state index is 12.2. The van der Waals surface area contributed by atoms with Gasteiger partial charge >= 0.3 is 11.7 Å². The van der Waals surface area contributed by atoms with Crippen LogP contribution in [0.25, 0.3) is 22.2 Å². The molecule has 3 rings (SSSR count). The van der Waals surface area contributed by atoms with Crippen molar-refractivity contribution in [2.75, 3.05) is 5.32 Å². The number of carbonyl (C=O) groups is 1. The number of halogens is 1. The Morgan fingerprint density at radius 2 is 2.08 bits per heavy atom. The minimum atomic E-state index is -0.600. The summed E-state index contributed by atoms with van der Waals surface area (Å²) in [5, 5.41) is 5.37. The fourth-order valence-corrected chi connectivity index (χ4v) is 3.19. The standard InChI is InChI=1S/C17H15BrN2O4S/c1-17(2,3)24-16(22)20-15-19-12(8-25-15)11-7-9-6-10(18)4-5-13(9)23-14(11)21/h4-8H,1-3H3,(H,19,20,22). The highest BCUT2D eigenvalue weighted by molar-refractivity contribution is 9.10. The van der Waals surface area contributed by atoms with Crippen LogP contribution in [0.3, 0.4) is 0 Å². The van der Waals surface area contributed by atoms with Gasteiger partial charge in [0.15, 0.2) is 5.13 Å². The predicted octanol–water partition coefficient (Wildman–Crippen LogP) is 5.03. The van der Waals surface area contributed by atoms with E-state index >= 15 is 0 Å². The Hall–Kier alpha value is -2.19. The molecule has 0 saturated carbocycles. The third-order valence-electron chi connectivity index (χ3n) is 3.08. The van der Waals surface area contributed by atoms with E-state index < -0.39 is 17.3 Å². The normalized spacial score (nSPS) is 11.5. The summed E-state index contributed by atoms with van der Waals surface area (Å²) < 4.78 is 11.4. The molecular weight excluding hydrogens is 408 g/mol. The van der Waals surface area contributed by atoms with E-state index in [2.05, 4.69) is 26.2 Å². The lowest BCUT2D eigenvalue weighted by Gasteiger charge is -2.18. The van der Waals surface area contributed by atoms with E-state index in [9.17, 15) is 9.59 Å². The van der Waals surface area contributed by atoms with Gasteiger partial charge in [-0.15, -0.1) is 11.3 Å². The van der Waals surface area contributed by atoms with Crippen LogP contribution in [0.4, 0.5) is 9.93 Å². The van der Waals surface area contributed by atoms with Crippen molar-refractivity contribution >= 4 is 49.5 Å². The molecule has 25 heavy (non-hydrogen) atoms. The van der Waals surface area contributed by atoms with E-state index in [0.29, 0.717) is 22.0 Å². The van der Waals surface area contributed by atoms with Crippen molar-refractivity contribution in [1.82, 2.24) is 4.98 Å². The quantitative estimate of drug-likeness (QED) is 0.585. The van der Waals surface area contributed by atoms with Crippen LogP contribution >= 0.6 is 27.3 Å². The summed E-state index contributed by atoms with van der Waals surface area (Å²) in [5.74, 6) is 0. The first kappa shape index (κ1) is 17.6. The number of rotatable bonds is 2. The fourth-order valence-electron chi connectivity index (χ4n) is 2.12. The maximum Gasteiger partial charge on any atom is 0.413 e. The molecule has 1 N–H and O–H groups in total. The zero-order chi connectivity index (χ0) is 18.2. The molecule has 0 atom stereocenters. The molecule has 6 nitrogen and oxygen atoms in total. The predicted molar refractivity (Wildman–Crippen MR) is 101 cm³/mol. The SMILES string of the molecule is CC(C)(C)OC(=O)Nc1nc(-c2cc3cc(Br)ccc3oc2=O)cs1.